The Labute approximate surface area is 267 Å². The summed E-state index contributed by atoms with van der Waals surface area (Å²) in [5, 5.41) is 19.3. The molecule has 0 radical (unpaired) electrons. The molecule has 46 heavy (non-hydrogen) atoms. The highest BCUT2D eigenvalue weighted by molar-refractivity contribution is 6.01. The first kappa shape index (κ1) is 29.2. The number of likely N-dealkylation sites (tertiary alicyclic amines) is 1. The van der Waals surface area contributed by atoms with Crippen molar-refractivity contribution >= 4 is 33.5 Å². The normalized spacial score (nSPS) is 24.7. The molecule has 1 aromatic heterocycles. The van der Waals surface area contributed by atoms with Gasteiger partial charge in [-0.1, -0.05) is 30.3 Å². The molecule has 4 saturated heterocycles. The molecule has 0 saturated carbocycles. The van der Waals surface area contributed by atoms with Crippen LogP contribution in [0.15, 0.2) is 48.5 Å². The maximum Gasteiger partial charge on any atom is 0.319 e. The molecule has 2 amide bonds. The molecule has 0 spiro atoms. The van der Waals surface area contributed by atoms with E-state index in [0.29, 0.717) is 42.0 Å². The minimum absolute atomic E-state index is 0.00660. The van der Waals surface area contributed by atoms with Gasteiger partial charge in [0.1, 0.15) is 23.7 Å². The number of carbonyl (C=O) groups is 1. The van der Waals surface area contributed by atoms with Gasteiger partial charge in [-0.25, -0.2) is 9.18 Å². The number of ether oxygens (including phenoxy) is 1. The van der Waals surface area contributed by atoms with Crippen molar-refractivity contribution in [2.45, 2.75) is 56.3 Å². The van der Waals surface area contributed by atoms with Crippen LogP contribution in [-0.2, 0) is 0 Å². The van der Waals surface area contributed by atoms with Gasteiger partial charge in [-0.15, -0.1) is 0 Å². The quantitative estimate of drug-likeness (QED) is 0.288. The molecule has 2 bridgehead atoms. The van der Waals surface area contributed by atoms with Gasteiger partial charge in [0.25, 0.3) is 0 Å². The molecular weight excluding hydrogens is 585 g/mol. The highest BCUT2D eigenvalue weighted by Gasteiger charge is 2.44. The lowest BCUT2D eigenvalue weighted by molar-refractivity contribution is 0.159. The summed E-state index contributed by atoms with van der Waals surface area (Å²) in [6.07, 6.45) is 4.92. The average Bonchev–Trinajstić information content (AvgIpc) is 3.79. The fraction of sp³-hybridized carbons (Fsp3) is 0.457. The van der Waals surface area contributed by atoms with E-state index in [1.165, 1.54) is 0 Å². The minimum atomic E-state index is -0.481. The highest BCUT2D eigenvalue weighted by atomic mass is 19.1. The van der Waals surface area contributed by atoms with Crippen LogP contribution in [0.5, 0.6) is 11.8 Å². The van der Waals surface area contributed by atoms with Crippen LogP contribution in [0.2, 0.25) is 0 Å². The first-order valence-corrected chi connectivity index (χ1v) is 16.5. The molecule has 8 rings (SSSR count). The molecule has 4 aliphatic heterocycles. The number of anilines is 1. The van der Waals surface area contributed by atoms with E-state index in [0.717, 1.165) is 62.5 Å². The van der Waals surface area contributed by atoms with Crippen molar-refractivity contribution in [1.82, 2.24) is 30.4 Å². The van der Waals surface area contributed by atoms with Crippen LogP contribution in [0.3, 0.4) is 0 Å². The third kappa shape index (κ3) is 5.25. The molecule has 3 aromatic carbocycles. The fourth-order valence-corrected chi connectivity index (χ4v) is 7.95. The first-order valence-electron chi connectivity index (χ1n) is 16.5. The van der Waals surface area contributed by atoms with Crippen molar-refractivity contribution in [1.29, 1.82) is 0 Å². The number of likely N-dealkylation sites (N-methyl/N-ethyl adjacent to an activating group) is 1. The number of aromatic nitrogens is 2. The average molecular weight is 626 g/mol. The van der Waals surface area contributed by atoms with Crippen LogP contribution in [0.4, 0.5) is 15.0 Å². The number of carbonyl (C=O) groups excluding carboxylic acids is 1. The number of rotatable bonds is 6. The van der Waals surface area contributed by atoms with E-state index >= 15 is 4.39 Å². The van der Waals surface area contributed by atoms with E-state index in [4.69, 9.17) is 9.72 Å². The number of nitrogens with one attached hydrogen (secondary N) is 2. The number of phenols is 1. The predicted molar refractivity (Wildman–Crippen MR) is 176 cm³/mol. The van der Waals surface area contributed by atoms with Crippen LogP contribution in [0, 0.1) is 5.82 Å². The third-order valence-electron chi connectivity index (χ3n) is 10.4. The number of urea groups is 1. The van der Waals surface area contributed by atoms with Crippen LogP contribution < -0.4 is 20.3 Å². The van der Waals surface area contributed by atoms with E-state index < -0.39 is 5.82 Å². The standard InChI is InChI=1S/C35H40FN7O3/c1-41-14-4-6-25(41)20-46-34-39-32-29(11-10-28(31(32)36)30-16-26(44)15-21-5-2-3-7-27(21)30)33(40-34)42-18-23-8-9-24(19-42)43(23)35(45)38-22-12-13-37-17-22/h2-3,5,7,10-11,15-16,22-25,37,44H,4,6,8-9,12-14,17-20H2,1H3,(H,38,45)/t22?,23-,24+,25-/m0/s1. The Morgan fingerprint density at radius 3 is 2.63 bits per heavy atom. The molecule has 240 valence electrons. The second kappa shape index (κ2) is 11.9. The van der Waals surface area contributed by atoms with Gasteiger partial charge in [0.2, 0.25) is 0 Å². The molecule has 10 nitrogen and oxygen atoms in total. The molecule has 3 N–H and O–H groups in total. The third-order valence-corrected chi connectivity index (χ3v) is 10.4. The second-order valence-corrected chi connectivity index (χ2v) is 13.3. The number of aromatic hydroxyl groups is 1. The van der Waals surface area contributed by atoms with Crippen molar-refractivity contribution in [3.05, 3.63) is 54.3 Å². The monoisotopic (exact) mass is 625 g/mol. The molecule has 5 heterocycles. The predicted octanol–water partition coefficient (Wildman–Crippen LogP) is 4.49. The zero-order valence-corrected chi connectivity index (χ0v) is 26.1. The Hall–Kier alpha value is -4.22. The van der Waals surface area contributed by atoms with E-state index in [1.807, 2.05) is 35.2 Å². The number of benzene rings is 3. The SMILES string of the molecule is CN1CCC[C@H]1COc1nc(N2C[C@H]3CC[C@@H](C2)N3C(=O)NC2CCNC2)c2ccc(-c3cc(O)cc4ccccc34)c(F)c2n1. The van der Waals surface area contributed by atoms with Gasteiger partial charge < -0.3 is 35.2 Å². The summed E-state index contributed by atoms with van der Waals surface area (Å²) in [5.41, 5.74) is 1.14. The summed E-state index contributed by atoms with van der Waals surface area (Å²) in [7, 11) is 2.09. The molecule has 4 atom stereocenters. The number of nitrogens with zero attached hydrogens (tertiary/aromatic N) is 5. The topological polar surface area (TPSA) is 106 Å². The van der Waals surface area contributed by atoms with E-state index in [1.54, 1.807) is 18.2 Å². The van der Waals surface area contributed by atoms with Gasteiger partial charge in [0.05, 0.1) is 12.1 Å². The number of fused-ring (bicyclic) bond motifs is 4. The van der Waals surface area contributed by atoms with Crippen molar-refractivity contribution in [2.75, 3.05) is 51.3 Å². The Bertz CT molecular complexity index is 1780. The molecule has 0 aliphatic carbocycles. The van der Waals surface area contributed by atoms with Crippen LogP contribution in [-0.4, -0.2) is 101 Å². The summed E-state index contributed by atoms with van der Waals surface area (Å²) >= 11 is 0. The summed E-state index contributed by atoms with van der Waals surface area (Å²) in [4.78, 5) is 29.4. The zero-order valence-electron chi connectivity index (χ0n) is 26.1. The van der Waals surface area contributed by atoms with Crippen LogP contribution in [0.25, 0.3) is 32.8 Å². The summed E-state index contributed by atoms with van der Waals surface area (Å²) < 4.78 is 23.0. The van der Waals surface area contributed by atoms with Crippen molar-refractivity contribution in [2.24, 2.45) is 0 Å². The maximum atomic E-state index is 16.8. The lowest BCUT2D eigenvalue weighted by atomic mass is 9.96. The Kier molecular flexibility index (Phi) is 7.53. The second-order valence-electron chi connectivity index (χ2n) is 13.3. The minimum Gasteiger partial charge on any atom is -0.508 e. The lowest BCUT2D eigenvalue weighted by Gasteiger charge is -2.42. The number of hydrogen-bond donors (Lipinski definition) is 3. The van der Waals surface area contributed by atoms with Gasteiger partial charge in [0, 0.05) is 42.7 Å². The van der Waals surface area contributed by atoms with Crippen molar-refractivity contribution in [3.63, 3.8) is 0 Å². The Morgan fingerprint density at radius 1 is 1.04 bits per heavy atom. The van der Waals surface area contributed by atoms with Crippen LogP contribution >= 0.6 is 0 Å². The smallest absolute Gasteiger partial charge is 0.319 e. The van der Waals surface area contributed by atoms with Gasteiger partial charge in [0.15, 0.2) is 5.82 Å². The van der Waals surface area contributed by atoms with Crippen LogP contribution in [0.1, 0.15) is 32.1 Å². The number of phenolic OH excluding ortho intramolecular Hbond substituents is 1. The van der Waals surface area contributed by atoms with E-state index in [9.17, 15) is 9.90 Å². The molecule has 4 aromatic rings. The molecular formula is C35H40FN7O3. The van der Waals surface area contributed by atoms with E-state index in [-0.39, 0.29) is 47.5 Å². The maximum absolute atomic E-state index is 16.8. The summed E-state index contributed by atoms with van der Waals surface area (Å²) in [6, 6.07) is 15.2. The number of hydrogen-bond acceptors (Lipinski definition) is 8. The molecule has 4 aliphatic rings. The molecule has 4 fully saturated rings. The highest BCUT2D eigenvalue weighted by Crippen LogP contribution is 2.40. The summed E-state index contributed by atoms with van der Waals surface area (Å²) in [5.74, 6) is 0.219. The molecule has 11 heteroatoms. The Morgan fingerprint density at radius 2 is 1.87 bits per heavy atom. The van der Waals surface area contributed by atoms with Gasteiger partial charge >= 0.3 is 12.0 Å². The number of amides is 2. The largest absolute Gasteiger partial charge is 0.508 e. The van der Waals surface area contributed by atoms with Gasteiger partial charge in [-0.2, -0.15) is 9.97 Å². The van der Waals surface area contributed by atoms with Crippen molar-refractivity contribution in [3.8, 4) is 22.9 Å². The van der Waals surface area contributed by atoms with Crippen molar-refractivity contribution < 1.29 is 19.0 Å². The lowest BCUT2D eigenvalue weighted by Crippen LogP contribution is -2.59. The van der Waals surface area contributed by atoms with E-state index in [2.05, 4.69) is 32.5 Å². The van der Waals surface area contributed by atoms with Gasteiger partial charge in [-0.3, -0.25) is 0 Å². The number of piperazine rings is 1. The summed E-state index contributed by atoms with van der Waals surface area (Å²) in [6.45, 7) is 4.38. The fourth-order valence-electron chi connectivity index (χ4n) is 7.95. The van der Waals surface area contributed by atoms with Gasteiger partial charge in [-0.05, 0) is 86.8 Å². The molecule has 1 unspecified atom stereocenters. The number of halogens is 1. The zero-order chi connectivity index (χ0) is 31.4. The Balaban J connectivity index is 1.17. The first-order chi connectivity index (χ1) is 22.4.